The Morgan fingerprint density at radius 1 is 1.22 bits per heavy atom. The third-order valence-electron chi connectivity index (χ3n) is 6.86. The molecule has 0 spiro atoms. The summed E-state index contributed by atoms with van der Waals surface area (Å²) in [5, 5.41) is 13.8. The molecule has 1 aromatic rings. The Hall–Kier alpha value is -1.66. The average Bonchev–Trinajstić information content (AvgIpc) is 3.42. The lowest BCUT2D eigenvalue weighted by Crippen LogP contribution is -2.41. The maximum absolute atomic E-state index is 15.3. The number of ketones is 1. The lowest BCUT2D eigenvalue weighted by molar-refractivity contribution is 0.0925. The van der Waals surface area contributed by atoms with Crippen LogP contribution in [0.1, 0.15) is 48.5 Å². The van der Waals surface area contributed by atoms with Gasteiger partial charge in [0.05, 0.1) is 18.0 Å². The molecule has 6 heteroatoms. The zero-order chi connectivity index (χ0) is 18.7. The SMILES string of the molecule is CC1CN(C2CC2)c2c(cc(F)c(N3C[C@H]4CCCN[C@H]4C3)c2CO)C1=O. The van der Waals surface area contributed by atoms with E-state index in [-0.39, 0.29) is 24.1 Å². The van der Waals surface area contributed by atoms with E-state index in [9.17, 15) is 9.90 Å². The summed E-state index contributed by atoms with van der Waals surface area (Å²) in [6.07, 6.45) is 4.54. The number of carbonyl (C=O) groups is 1. The van der Waals surface area contributed by atoms with Gasteiger partial charge in [0.1, 0.15) is 5.82 Å². The van der Waals surface area contributed by atoms with Gasteiger partial charge in [-0.15, -0.1) is 0 Å². The first-order valence-corrected chi connectivity index (χ1v) is 10.3. The van der Waals surface area contributed by atoms with E-state index in [0.29, 0.717) is 41.4 Å². The van der Waals surface area contributed by atoms with E-state index in [0.717, 1.165) is 44.6 Å². The van der Waals surface area contributed by atoms with Crippen molar-refractivity contribution in [3.63, 3.8) is 0 Å². The third kappa shape index (κ3) is 2.76. The summed E-state index contributed by atoms with van der Waals surface area (Å²) in [6.45, 7) is 4.95. The van der Waals surface area contributed by atoms with Crippen molar-refractivity contribution in [2.75, 3.05) is 36.0 Å². The van der Waals surface area contributed by atoms with Gasteiger partial charge in [0.25, 0.3) is 0 Å². The maximum atomic E-state index is 15.3. The molecule has 146 valence electrons. The molecule has 1 aliphatic carbocycles. The molecule has 2 saturated heterocycles. The van der Waals surface area contributed by atoms with Gasteiger partial charge in [-0.25, -0.2) is 4.39 Å². The number of rotatable bonds is 3. The highest BCUT2D eigenvalue weighted by Gasteiger charge is 2.42. The summed E-state index contributed by atoms with van der Waals surface area (Å²) in [5.74, 6) is 0.0316. The fourth-order valence-electron chi connectivity index (χ4n) is 5.37. The Morgan fingerprint density at radius 2 is 2.04 bits per heavy atom. The van der Waals surface area contributed by atoms with E-state index in [1.165, 1.54) is 12.5 Å². The fourth-order valence-corrected chi connectivity index (χ4v) is 5.37. The van der Waals surface area contributed by atoms with Crippen LogP contribution in [0.15, 0.2) is 6.07 Å². The highest BCUT2D eigenvalue weighted by Crippen LogP contribution is 2.45. The lowest BCUT2D eigenvalue weighted by atomic mass is 9.89. The van der Waals surface area contributed by atoms with Gasteiger partial charge in [-0.1, -0.05) is 6.92 Å². The first-order chi connectivity index (χ1) is 13.1. The zero-order valence-electron chi connectivity index (χ0n) is 15.9. The van der Waals surface area contributed by atoms with Gasteiger partial charge in [0, 0.05) is 48.8 Å². The molecule has 0 amide bonds. The van der Waals surface area contributed by atoms with Gasteiger partial charge in [0.2, 0.25) is 0 Å². The van der Waals surface area contributed by atoms with Crippen LogP contribution in [-0.4, -0.2) is 49.2 Å². The maximum Gasteiger partial charge on any atom is 0.169 e. The summed E-state index contributed by atoms with van der Waals surface area (Å²) >= 11 is 0. The molecule has 4 aliphatic rings. The highest BCUT2D eigenvalue weighted by molar-refractivity contribution is 6.06. The van der Waals surface area contributed by atoms with Crippen molar-refractivity contribution in [3.05, 3.63) is 23.0 Å². The molecule has 3 atom stereocenters. The molecule has 3 fully saturated rings. The van der Waals surface area contributed by atoms with E-state index in [4.69, 9.17) is 0 Å². The minimum Gasteiger partial charge on any atom is -0.392 e. The van der Waals surface area contributed by atoms with Crippen molar-refractivity contribution < 1.29 is 14.3 Å². The molecular formula is C21H28FN3O2. The van der Waals surface area contributed by atoms with Crippen molar-refractivity contribution >= 4 is 17.2 Å². The molecule has 0 aromatic heterocycles. The van der Waals surface area contributed by atoms with Crippen LogP contribution in [-0.2, 0) is 6.61 Å². The van der Waals surface area contributed by atoms with Gasteiger partial charge in [0.15, 0.2) is 5.78 Å². The fraction of sp³-hybridized carbons (Fsp3) is 0.667. The van der Waals surface area contributed by atoms with Gasteiger partial charge < -0.3 is 20.2 Å². The Labute approximate surface area is 159 Å². The molecule has 5 nitrogen and oxygen atoms in total. The zero-order valence-corrected chi connectivity index (χ0v) is 15.9. The minimum absolute atomic E-state index is 0.00110. The van der Waals surface area contributed by atoms with Crippen LogP contribution in [0.4, 0.5) is 15.8 Å². The molecule has 0 radical (unpaired) electrons. The second kappa shape index (κ2) is 6.45. The quantitative estimate of drug-likeness (QED) is 0.852. The normalized spacial score (nSPS) is 30.5. The van der Waals surface area contributed by atoms with Crippen LogP contribution < -0.4 is 15.1 Å². The molecule has 1 saturated carbocycles. The summed E-state index contributed by atoms with van der Waals surface area (Å²) in [6, 6.07) is 2.25. The number of hydrogen-bond acceptors (Lipinski definition) is 5. The first kappa shape index (κ1) is 17.4. The number of benzene rings is 1. The molecule has 2 N–H and O–H groups in total. The molecule has 3 aliphatic heterocycles. The van der Waals surface area contributed by atoms with E-state index in [1.807, 2.05) is 6.92 Å². The second-order valence-corrected chi connectivity index (χ2v) is 8.76. The monoisotopic (exact) mass is 373 g/mol. The number of piperidine rings is 1. The second-order valence-electron chi connectivity index (χ2n) is 8.76. The average molecular weight is 373 g/mol. The minimum atomic E-state index is -0.366. The Morgan fingerprint density at radius 3 is 2.74 bits per heavy atom. The molecule has 0 bridgehead atoms. The van der Waals surface area contributed by atoms with E-state index >= 15 is 4.39 Å². The van der Waals surface area contributed by atoms with E-state index in [1.54, 1.807) is 0 Å². The van der Waals surface area contributed by atoms with Crippen molar-refractivity contribution in [1.29, 1.82) is 0 Å². The number of fused-ring (bicyclic) bond motifs is 2. The molecular weight excluding hydrogens is 345 g/mol. The van der Waals surface area contributed by atoms with Crippen LogP contribution in [0, 0.1) is 17.7 Å². The number of Topliss-reactive ketones (excluding diaryl/α,β-unsaturated/α-hetero) is 1. The van der Waals surface area contributed by atoms with Gasteiger partial charge in [-0.05, 0) is 44.2 Å². The number of anilines is 2. The number of carbonyl (C=O) groups excluding carboxylic acids is 1. The molecule has 27 heavy (non-hydrogen) atoms. The first-order valence-electron chi connectivity index (χ1n) is 10.3. The van der Waals surface area contributed by atoms with Crippen molar-refractivity contribution in [1.82, 2.24) is 5.32 Å². The van der Waals surface area contributed by atoms with Crippen molar-refractivity contribution in [2.24, 2.45) is 11.8 Å². The van der Waals surface area contributed by atoms with Gasteiger partial charge >= 0.3 is 0 Å². The predicted molar refractivity (Wildman–Crippen MR) is 103 cm³/mol. The van der Waals surface area contributed by atoms with Gasteiger partial charge in [-0.3, -0.25) is 4.79 Å². The van der Waals surface area contributed by atoms with Crippen molar-refractivity contribution in [2.45, 2.75) is 51.3 Å². The number of nitrogens with one attached hydrogen (secondary N) is 1. The molecule has 1 unspecified atom stereocenters. The molecule has 1 aromatic carbocycles. The summed E-state index contributed by atoms with van der Waals surface area (Å²) in [4.78, 5) is 17.1. The summed E-state index contributed by atoms with van der Waals surface area (Å²) in [7, 11) is 0. The molecule has 3 heterocycles. The predicted octanol–water partition coefficient (Wildman–Crippen LogP) is 2.31. The third-order valence-corrected chi connectivity index (χ3v) is 6.86. The van der Waals surface area contributed by atoms with Crippen LogP contribution >= 0.6 is 0 Å². The standard InChI is InChI=1S/C21H28FN3O2/c1-12-8-25(14-4-5-14)19-15(21(12)27)7-17(22)20(16(19)11-26)24-9-13-3-2-6-23-18(13)10-24/h7,12-14,18,23,26H,2-6,8-11H2,1H3/t12?,13-,18+/m1/s1. The van der Waals surface area contributed by atoms with E-state index < -0.39 is 0 Å². The molecule has 5 rings (SSSR count). The van der Waals surface area contributed by atoms with E-state index in [2.05, 4.69) is 15.1 Å². The Bertz CT molecular complexity index is 765. The number of aliphatic hydroxyl groups is 1. The number of hydrogen-bond donors (Lipinski definition) is 2. The Kier molecular flexibility index (Phi) is 4.17. The number of halogens is 1. The van der Waals surface area contributed by atoms with Gasteiger partial charge in [-0.2, -0.15) is 0 Å². The summed E-state index contributed by atoms with van der Waals surface area (Å²) in [5.41, 5.74) is 2.37. The number of nitrogens with zero attached hydrogens (tertiary/aromatic N) is 2. The smallest absolute Gasteiger partial charge is 0.169 e. The van der Waals surface area contributed by atoms with Crippen LogP contribution in [0.25, 0.3) is 0 Å². The Balaban J connectivity index is 1.60. The van der Waals surface area contributed by atoms with Crippen LogP contribution in [0.3, 0.4) is 0 Å². The topological polar surface area (TPSA) is 55.8 Å². The van der Waals surface area contributed by atoms with Crippen molar-refractivity contribution in [3.8, 4) is 0 Å². The summed E-state index contributed by atoms with van der Waals surface area (Å²) < 4.78 is 15.3. The number of aliphatic hydroxyl groups excluding tert-OH is 1. The highest BCUT2D eigenvalue weighted by atomic mass is 19.1. The van der Waals surface area contributed by atoms with Crippen LogP contribution in [0.5, 0.6) is 0 Å². The largest absolute Gasteiger partial charge is 0.392 e. The lowest BCUT2D eigenvalue weighted by Gasteiger charge is -2.37. The van der Waals surface area contributed by atoms with Crippen LogP contribution in [0.2, 0.25) is 0 Å².